The van der Waals surface area contributed by atoms with Crippen LogP contribution in [0.25, 0.3) is 0 Å². The van der Waals surface area contributed by atoms with E-state index >= 15 is 0 Å². The molecule has 0 amide bonds. The van der Waals surface area contributed by atoms with Gasteiger partial charge in [0.05, 0.1) is 0 Å². The fourth-order valence-electron chi connectivity index (χ4n) is 1.05. The van der Waals surface area contributed by atoms with Crippen LogP contribution >= 0.6 is 45.7 Å². The Hall–Kier alpha value is -0.340. The first-order chi connectivity index (χ1) is 7.24. The molecule has 2 N–H and O–H groups in total. The summed E-state index contributed by atoms with van der Waals surface area (Å²) in [5.74, 6) is 0.908. The number of hydrogen-bond acceptors (Lipinski definition) is 5. The molecule has 78 valence electrons. The highest BCUT2D eigenvalue weighted by atomic mass is 127. The Labute approximate surface area is 110 Å². The van der Waals surface area contributed by atoms with Crippen LogP contribution in [0, 0.1) is 3.57 Å². The summed E-state index contributed by atoms with van der Waals surface area (Å²) in [5.41, 5.74) is 6.79. The molecule has 0 unspecified atom stereocenters. The molecule has 0 aliphatic carbocycles. The number of rotatable bonds is 3. The molecule has 2 aromatic rings. The van der Waals surface area contributed by atoms with Crippen molar-refractivity contribution in [1.82, 2.24) is 10.2 Å². The second-order valence-electron chi connectivity index (χ2n) is 2.82. The minimum absolute atomic E-state index is 0.528. The average molecular weight is 349 g/mol. The molecule has 1 heterocycles. The van der Waals surface area contributed by atoms with Gasteiger partial charge in [-0.25, -0.2) is 0 Å². The number of halogens is 1. The van der Waals surface area contributed by atoms with Gasteiger partial charge in [-0.15, -0.1) is 10.2 Å². The van der Waals surface area contributed by atoms with E-state index in [0.29, 0.717) is 5.13 Å². The zero-order valence-electron chi connectivity index (χ0n) is 7.68. The standard InChI is InChI=1S/C9H8IN3S2/c10-7-3-1-2-6(4-7)5-14-9-13-12-8(11)15-9/h1-4H,5H2,(H2,11,12). The number of nitrogens with two attached hydrogens (primary N) is 1. The molecule has 3 nitrogen and oxygen atoms in total. The number of nitrogens with zero attached hydrogens (tertiary/aromatic N) is 2. The lowest BCUT2D eigenvalue weighted by Gasteiger charge is -1.98. The van der Waals surface area contributed by atoms with Crippen molar-refractivity contribution in [1.29, 1.82) is 0 Å². The van der Waals surface area contributed by atoms with Crippen molar-refractivity contribution in [3.63, 3.8) is 0 Å². The van der Waals surface area contributed by atoms with E-state index in [9.17, 15) is 0 Å². The number of benzene rings is 1. The van der Waals surface area contributed by atoms with Crippen LogP contribution in [0.4, 0.5) is 5.13 Å². The molecule has 0 saturated heterocycles. The maximum atomic E-state index is 5.50. The van der Waals surface area contributed by atoms with Crippen molar-refractivity contribution in [2.24, 2.45) is 0 Å². The summed E-state index contributed by atoms with van der Waals surface area (Å²) in [4.78, 5) is 0. The number of nitrogen functional groups attached to an aromatic ring is 1. The molecule has 0 aliphatic heterocycles. The molecule has 1 aromatic carbocycles. The van der Waals surface area contributed by atoms with E-state index in [2.05, 4.69) is 57.1 Å². The number of anilines is 1. The van der Waals surface area contributed by atoms with E-state index < -0.39 is 0 Å². The number of hydrogen-bond donors (Lipinski definition) is 1. The van der Waals surface area contributed by atoms with Crippen LogP contribution in [0.1, 0.15) is 5.56 Å². The summed E-state index contributed by atoms with van der Waals surface area (Å²) in [7, 11) is 0. The average Bonchev–Trinajstić information content (AvgIpc) is 2.62. The normalized spacial score (nSPS) is 10.5. The molecule has 0 atom stereocenters. The molecule has 0 radical (unpaired) electrons. The van der Waals surface area contributed by atoms with E-state index in [1.807, 2.05) is 0 Å². The first-order valence-electron chi connectivity index (χ1n) is 4.20. The SMILES string of the molecule is Nc1nnc(SCc2cccc(I)c2)s1. The van der Waals surface area contributed by atoms with E-state index in [-0.39, 0.29) is 0 Å². The predicted molar refractivity (Wildman–Crippen MR) is 73.0 cm³/mol. The Morgan fingerprint density at radius 3 is 2.93 bits per heavy atom. The third-order valence-corrected chi connectivity index (χ3v) is 4.30. The quantitative estimate of drug-likeness (QED) is 0.684. The highest BCUT2D eigenvalue weighted by Gasteiger charge is 2.02. The van der Waals surface area contributed by atoms with Crippen LogP contribution in [0.2, 0.25) is 0 Å². The lowest BCUT2D eigenvalue weighted by molar-refractivity contribution is 1.02. The Morgan fingerprint density at radius 2 is 2.27 bits per heavy atom. The Balaban J connectivity index is 1.99. The lowest BCUT2D eigenvalue weighted by atomic mass is 10.2. The molecule has 6 heteroatoms. The minimum atomic E-state index is 0.528. The summed E-state index contributed by atoms with van der Waals surface area (Å²) in [5, 5.41) is 8.26. The van der Waals surface area contributed by atoms with Gasteiger partial charge in [-0.1, -0.05) is 35.2 Å². The number of thioether (sulfide) groups is 1. The fourth-order valence-corrected chi connectivity index (χ4v) is 3.24. The Morgan fingerprint density at radius 1 is 1.40 bits per heavy atom. The molecule has 0 aliphatic rings. The van der Waals surface area contributed by atoms with Crippen molar-refractivity contribution >= 4 is 50.8 Å². The Kier molecular flexibility index (Phi) is 3.81. The summed E-state index contributed by atoms with van der Waals surface area (Å²) in [6.45, 7) is 0. The van der Waals surface area contributed by atoms with Gasteiger partial charge in [-0.2, -0.15) is 0 Å². The van der Waals surface area contributed by atoms with Gasteiger partial charge in [-0.05, 0) is 40.3 Å². The lowest BCUT2D eigenvalue weighted by Crippen LogP contribution is -1.81. The van der Waals surface area contributed by atoms with E-state index in [4.69, 9.17) is 5.73 Å². The maximum Gasteiger partial charge on any atom is 0.203 e. The van der Waals surface area contributed by atoms with Gasteiger partial charge in [0, 0.05) is 9.32 Å². The molecule has 0 fully saturated rings. The molecule has 0 bridgehead atoms. The van der Waals surface area contributed by atoms with Crippen molar-refractivity contribution in [3.8, 4) is 0 Å². The third kappa shape index (κ3) is 3.32. The zero-order chi connectivity index (χ0) is 10.7. The summed E-state index contributed by atoms with van der Waals surface area (Å²) >= 11 is 5.40. The van der Waals surface area contributed by atoms with Crippen molar-refractivity contribution in [2.75, 3.05) is 5.73 Å². The van der Waals surface area contributed by atoms with Crippen molar-refractivity contribution in [2.45, 2.75) is 10.1 Å². The van der Waals surface area contributed by atoms with Gasteiger partial charge in [0.2, 0.25) is 5.13 Å². The van der Waals surface area contributed by atoms with Crippen LogP contribution in [-0.4, -0.2) is 10.2 Å². The fraction of sp³-hybridized carbons (Fsp3) is 0.111. The summed E-state index contributed by atoms with van der Waals surface area (Å²) < 4.78 is 2.17. The van der Waals surface area contributed by atoms with Gasteiger partial charge in [0.25, 0.3) is 0 Å². The van der Waals surface area contributed by atoms with Crippen molar-refractivity contribution < 1.29 is 0 Å². The third-order valence-electron chi connectivity index (χ3n) is 1.67. The largest absolute Gasteiger partial charge is 0.374 e. The summed E-state index contributed by atoms with van der Waals surface area (Å²) in [6.07, 6.45) is 0. The van der Waals surface area contributed by atoms with Gasteiger partial charge in [-0.3, -0.25) is 0 Å². The second-order valence-corrected chi connectivity index (χ2v) is 6.30. The first kappa shape index (κ1) is 11.2. The van der Waals surface area contributed by atoms with E-state index in [0.717, 1.165) is 10.1 Å². The van der Waals surface area contributed by atoms with Crippen LogP contribution in [0.15, 0.2) is 28.6 Å². The smallest absolute Gasteiger partial charge is 0.203 e. The van der Waals surface area contributed by atoms with Crippen molar-refractivity contribution in [3.05, 3.63) is 33.4 Å². The van der Waals surface area contributed by atoms with E-state index in [1.54, 1.807) is 11.8 Å². The van der Waals surface area contributed by atoms with Gasteiger partial charge >= 0.3 is 0 Å². The summed E-state index contributed by atoms with van der Waals surface area (Å²) in [6, 6.07) is 8.42. The molecule has 0 spiro atoms. The van der Waals surface area contributed by atoms with E-state index in [1.165, 1.54) is 20.5 Å². The predicted octanol–water partition coefficient (Wildman–Crippen LogP) is 3.02. The van der Waals surface area contributed by atoms with Gasteiger partial charge in [0.15, 0.2) is 4.34 Å². The molecule has 15 heavy (non-hydrogen) atoms. The number of aromatic nitrogens is 2. The Bertz CT molecular complexity index is 458. The topological polar surface area (TPSA) is 51.8 Å². The van der Waals surface area contributed by atoms with Gasteiger partial charge in [0.1, 0.15) is 0 Å². The molecule has 0 saturated carbocycles. The molecule has 2 rings (SSSR count). The molecular formula is C9H8IN3S2. The van der Waals surface area contributed by atoms with Gasteiger partial charge < -0.3 is 5.73 Å². The highest BCUT2D eigenvalue weighted by Crippen LogP contribution is 2.27. The maximum absolute atomic E-state index is 5.50. The molecular weight excluding hydrogens is 341 g/mol. The zero-order valence-corrected chi connectivity index (χ0v) is 11.5. The monoisotopic (exact) mass is 349 g/mol. The first-order valence-corrected chi connectivity index (χ1v) is 7.08. The highest BCUT2D eigenvalue weighted by molar-refractivity contribution is 14.1. The van der Waals surface area contributed by atoms with Crippen LogP contribution < -0.4 is 5.73 Å². The van der Waals surface area contributed by atoms with Crippen LogP contribution in [-0.2, 0) is 5.75 Å². The minimum Gasteiger partial charge on any atom is -0.374 e. The second kappa shape index (κ2) is 5.13. The van der Waals surface area contributed by atoms with Crippen LogP contribution in [0.5, 0.6) is 0 Å². The molecule has 1 aromatic heterocycles. The van der Waals surface area contributed by atoms with Crippen LogP contribution in [0.3, 0.4) is 0 Å².